The number of aliphatic hydroxyl groups is 1. The Bertz CT molecular complexity index is 731. The first-order valence-electron chi connectivity index (χ1n) is 14.1. The predicted octanol–water partition coefficient (Wildman–Crippen LogP) is 3.85. The summed E-state index contributed by atoms with van der Waals surface area (Å²) in [6.45, 7) is 22.7. The Morgan fingerprint density at radius 2 is 1.32 bits per heavy atom. The number of amides is 3. The molecular weight excluding hydrogens is 468 g/mol. The highest BCUT2D eigenvalue weighted by Gasteiger charge is 2.42. The second-order valence-corrected chi connectivity index (χ2v) is 12.9. The van der Waals surface area contributed by atoms with Crippen LogP contribution in [0.4, 0.5) is 0 Å². The maximum atomic E-state index is 13.0. The third-order valence-corrected chi connectivity index (χ3v) is 8.83. The molecule has 8 nitrogen and oxygen atoms in total. The Morgan fingerprint density at radius 1 is 0.838 bits per heavy atom. The Kier molecular flexibility index (Phi) is 14.4. The minimum Gasteiger partial charge on any atom is -0.394 e. The van der Waals surface area contributed by atoms with Gasteiger partial charge in [-0.25, -0.2) is 0 Å². The highest BCUT2D eigenvalue weighted by molar-refractivity contribution is 5.78. The molecule has 3 amide bonds. The van der Waals surface area contributed by atoms with Crippen LogP contribution in [0.15, 0.2) is 0 Å². The number of nitrogens with two attached hydrogens (primary N) is 1. The number of carbonyl (C=O) groups excluding carboxylic acids is 3. The van der Waals surface area contributed by atoms with Crippen LogP contribution in [0.2, 0.25) is 0 Å². The fourth-order valence-corrected chi connectivity index (χ4v) is 4.24. The summed E-state index contributed by atoms with van der Waals surface area (Å²) in [5.41, 5.74) is 4.19. The molecule has 1 unspecified atom stereocenters. The lowest BCUT2D eigenvalue weighted by Gasteiger charge is -2.44. The van der Waals surface area contributed by atoms with Crippen molar-refractivity contribution in [1.82, 2.24) is 15.5 Å². The van der Waals surface area contributed by atoms with E-state index in [0.29, 0.717) is 51.9 Å². The summed E-state index contributed by atoms with van der Waals surface area (Å²) < 4.78 is 0. The monoisotopic (exact) mass is 526 g/mol. The minimum absolute atomic E-state index is 0.00906. The number of aliphatic hydroxyl groups excluding tert-OH is 1. The van der Waals surface area contributed by atoms with Crippen LogP contribution in [0.3, 0.4) is 0 Å². The first-order chi connectivity index (χ1) is 17.0. The Hall–Kier alpha value is -1.67. The largest absolute Gasteiger partial charge is 0.394 e. The van der Waals surface area contributed by atoms with E-state index < -0.39 is 0 Å². The third-order valence-electron chi connectivity index (χ3n) is 8.83. The number of hydrogen-bond donors (Lipinski definition) is 4. The zero-order valence-corrected chi connectivity index (χ0v) is 25.6. The molecule has 0 radical (unpaired) electrons. The molecule has 1 heterocycles. The number of carbonyl (C=O) groups is 3. The van der Waals surface area contributed by atoms with E-state index in [-0.39, 0.29) is 52.0 Å². The minimum atomic E-state index is -0.345. The standard InChI is InChI=1S/C27H52N4O4.C2H6/c1-24(2,26(5,6)18-29-21(33)12-9-13-28)15-22(34)30-19-27(7,8)25(3,4)16-23(35)31-14-10-11-20(31)17-32;1-2/h20,32H,9-19,28H2,1-8H3,(H,29,33)(H,30,34);1-2H3. The van der Waals surface area contributed by atoms with Gasteiger partial charge in [0.05, 0.1) is 12.6 Å². The van der Waals surface area contributed by atoms with E-state index in [1.54, 1.807) is 0 Å². The molecule has 1 saturated heterocycles. The molecule has 0 aromatic heterocycles. The number of likely N-dealkylation sites (tertiary alicyclic amines) is 1. The van der Waals surface area contributed by atoms with E-state index in [4.69, 9.17) is 5.73 Å². The SMILES string of the molecule is CC.CC(C)(CNC(=O)CCCN)C(C)(C)CC(=O)NCC(C)(C)C(C)(C)CC(=O)N1CCCC1CO. The quantitative estimate of drug-likeness (QED) is 0.274. The average molecular weight is 527 g/mol. The fourth-order valence-electron chi connectivity index (χ4n) is 4.24. The van der Waals surface area contributed by atoms with E-state index >= 15 is 0 Å². The summed E-state index contributed by atoms with van der Waals surface area (Å²) in [5.74, 6) is 0.0245. The van der Waals surface area contributed by atoms with Gasteiger partial charge in [0, 0.05) is 38.9 Å². The molecule has 1 aliphatic rings. The van der Waals surface area contributed by atoms with Gasteiger partial charge in [-0.15, -0.1) is 0 Å². The maximum Gasteiger partial charge on any atom is 0.223 e. The van der Waals surface area contributed by atoms with E-state index in [1.165, 1.54) is 0 Å². The van der Waals surface area contributed by atoms with Gasteiger partial charge in [-0.2, -0.15) is 0 Å². The molecule has 0 aromatic carbocycles. The molecule has 1 fully saturated rings. The van der Waals surface area contributed by atoms with Gasteiger partial charge in [0.25, 0.3) is 0 Å². The molecule has 0 aliphatic carbocycles. The first kappa shape index (κ1) is 35.3. The van der Waals surface area contributed by atoms with Gasteiger partial charge >= 0.3 is 0 Å². The van der Waals surface area contributed by atoms with Gasteiger partial charge in [0.2, 0.25) is 17.7 Å². The summed E-state index contributed by atoms with van der Waals surface area (Å²) in [5, 5.41) is 15.7. The first-order valence-corrected chi connectivity index (χ1v) is 14.1. The Balaban J connectivity index is 0.00000631. The molecule has 1 rings (SSSR count). The van der Waals surface area contributed by atoms with Gasteiger partial charge in [-0.3, -0.25) is 14.4 Å². The van der Waals surface area contributed by atoms with Crippen molar-refractivity contribution in [1.29, 1.82) is 0 Å². The summed E-state index contributed by atoms with van der Waals surface area (Å²) in [6.07, 6.45) is 3.57. The van der Waals surface area contributed by atoms with E-state index in [2.05, 4.69) is 66.0 Å². The van der Waals surface area contributed by atoms with Crippen molar-refractivity contribution in [2.45, 2.75) is 114 Å². The highest BCUT2D eigenvalue weighted by Crippen LogP contribution is 2.43. The Labute approximate surface area is 226 Å². The molecule has 0 aromatic rings. The van der Waals surface area contributed by atoms with Crippen molar-refractivity contribution in [2.24, 2.45) is 27.4 Å². The van der Waals surface area contributed by atoms with Crippen LogP contribution in [0.25, 0.3) is 0 Å². The predicted molar refractivity (Wildman–Crippen MR) is 152 cm³/mol. The molecule has 5 N–H and O–H groups in total. The second kappa shape index (κ2) is 15.1. The molecular formula is C29H58N4O4. The van der Waals surface area contributed by atoms with Gasteiger partial charge in [0.15, 0.2) is 0 Å². The smallest absolute Gasteiger partial charge is 0.223 e. The number of nitrogens with one attached hydrogen (secondary N) is 2. The number of nitrogens with zero attached hydrogens (tertiary/aromatic N) is 1. The van der Waals surface area contributed by atoms with Crippen molar-refractivity contribution in [2.75, 3.05) is 32.8 Å². The third kappa shape index (κ3) is 10.5. The van der Waals surface area contributed by atoms with Crippen LogP contribution in [0, 0.1) is 21.7 Å². The van der Waals surface area contributed by atoms with Crippen LogP contribution in [-0.2, 0) is 14.4 Å². The molecule has 1 atom stereocenters. The van der Waals surface area contributed by atoms with Crippen LogP contribution in [0.5, 0.6) is 0 Å². The average Bonchev–Trinajstić information content (AvgIpc) is 3.30. The number of hydrogen-bond acceptors (Lipinski definition) is 5. The van der Waals surface area contributed by atoms with Crippen molar-refractivity contribution < 1.29 is 19.5 Å². The highest BCUT2D eigenvalue weighted by atomic mass is 16.3. The van der Waals surface area contributed by atoms with Gasteiger partial charge in [0.1, 0.15) is 0 Å². The molecule has 218 valence electrons. The summed E-state index contributed by atoms with van der Waals surface area (Å²) >= 11 is 0. The van der Waals surface area contributed by atoms with Crippen LogP contribution in [0.1, 0.15) is 108 Å². The summed E-state index contributed by atoms with van der Waals surface area (Å²) in [6, 6.07) is -0.0721. The lowest BCUT2D eigenvalue weighted by atomic mass is 9.65. The number of rotatable bonds is 14. The van der Waals surface area contributed by atoms with Crippen LogP contribution < -0.4 is 16.4 Å². The zero-order chi connectivity index (χ0) is 29.1. The molecule has 37 heavy (non-hydrogen) atoms. The van der Waals surface area contributed by atoms with Crippen molar-refractivity contribution in [3.63, 3.8) is 0 Å². The zero-order valence-electron chi connectivity index (χ0n) is 25.6. The van der Waals surface area contributed by atoms with Crippen molar-refractivity contribution >= 4 is 17.7 Å². The summed E-state index contributed by atoms with van der Waals surface area (Å²) in [4.78, 5) is 39.8. The molecule has 1 aliphatic heterocycles. The van der Waals surface area contributed by atoms with Crippen LogP contribution in [-0.4, -0.2) is 66.6 Å². The van der Waals surface area contributed by atoms with Gasteiger partial charge < -0.3 is 26.4 Å². The maximum absolute atomic E-state index is 13.0. The second-order valence-electron chi connectivity index (χ2n) is 12.9. The van der Waals surface area contributed by atoms with Crippen LogP contribution >= 0.6 is 0 Å². The van der Waals surface area contributed by atoms with E-state index in [9.17, 15) is 19.5 Å². The fraction of sp³-hybridized carbons (Fsp3) is 0.897. The van der Waals surface area contributed by atoms with Crippen molar-refractivity contribution in [3.05, 3.63) is 0 Å². The lowest BCUT2D eigenvalue weighted by Crippen LogP contribution is -2.48. The Morgan fingerprint density at radius 3 is 1.81 bits per heavy atom. The molecule has 8 heteroatoms. The van der Waals surface area contributed by atoms with Crippen molar-refractivity contribution in [3.8, 4) is 0 Å². The molecule has 0 spiro atoms. The lowest BCUT2D eigenvalue weighted by molar-refractivity contribution is -0.136. The summed E-state index contributed by atoms with van der Waals surface area (Å²) in [7, 11) is 0. The molecule has 0 saturated carbocycles. The van der Waals surface area contributed by atoms with E-state index in [1.807, 2.05) is 18.7 Å². The molecule has 0 bridgehead atoms. The van der Waals surface area contributed by atoms with Gasteiger partial charge in [-0.1, -0.05) is 69.2 Å². The van der Waals surface area contributed by atoms with Gasteiger partial charge in [-0.05, 0) is 47.5 Å². The van der Waals surface area contributed by atoms with E-state index in [0.717, 1.165) is 12.8 Å². The normalized spacial score (nSPS) is 16.6. The topological polar surface area (TPSA) is 125 Å².